The topological polar surface area (TPSA) is 126 Å². The lowest BCUT2D eigenvalue weighted by molar-refractivity contribution is -0.151. The van der Waals surface area contributed by atoms with Gasteiger partial charge >= 0.3 is 11.9 Å². The molecule has 2 aliphatic rings. The van der Waals surface area contributed by atoms with E-state index in [1.165, 1.54) is 46.9 Å². The smallest absolute Gasteiger partial charge is 0.352 e. The lowest BCUT2D eigenvalue weighted by atomic mass is 10.0. The normalized spacial score (nSPS) is 20.1. The Hall–Kier alpha value is -3.31. The first-order valence-corrected chi connectivity index (χ1v) is 12.7. The Morgan fingerprint density at radius 1 is 1.26 bits per heavy atom. The van der Waals surface area contributed by atoms with Gasteiger partial charge in [-0.1, -0.05) is 30.3 Å². The zero-order valence-corrected chi connectivity index (χ0v) is 19.7. The molecule has 11 heteroatoms. The van der Waals surface area contributed by atoms with E-state index in [0.717, 1.165) is 0 Å². The number of aromatic nitrogens is 1. The number of carbonyl (C=O) groups is 4. The zero-order valence-electron chi connectivity index (χ0n) is 18.0. The summed E-state index contributed by atoms with van der Waals surface area (Å²) in [4.78, 5) is 55.6. The number of hydrogen-bond acceptors (Lipinski definition) is 8. The van der Waals surface area contributed by atoms with E-state index in [-0.39, 0.29) is 11.3 Å². The number of ether oxygens (including phenoxy) is 1. The molecular weight excluding hydrogens is 478 g/mol. The van der Waals surface area contributed by atoms with Crippen LogP contribution >= 0.6 is 23.5 Å². The molecule has 2 aliphatic heterocycles. The van der Waals surface area contributed by atoms with Crippen LogP contribution in [0, 0.1) is 0 Å². The Balaban J connectivity index is 1.53. The largest absolute Gasteiger partial charge is 0.477 e. The van der Waals surface area contributed by atoms with Gasteiger partial charge in [0.05, 0.1) is 5.56 Å². The summed E-state index contributed by atoms with van der Waals surface area (Å²) < 4.78 is 5.50. The van der Waals surface area contributed by atoms with Crippen molar-refractivity contribution >= 4 is 47.3 Å². The molecule has 0 aliphatic carbocycles. The van der Waals surface area contributed by atoms with Crippen molar-refractivity contribution in [2.45, 2.75) is 17.5 Å². The lowest BCUT2D eigenvalue weighted by Crippen LogP contribution is -2.71. The van der Waals surface area contributed by atoms with E-state index in [9.17, 15) is 24.3 Å². The van der Waals surface area contributed by atoms with Crippen LogP contribution in [0.2, 0.25) is 0 Å². The number of rotatable bonds is 8. The molecular formula is C23H21N3O6S2. The van der Waals surface area contributed by atoms with Crippen molar-refractivity contribution in [3.8, 4) is 0 Å². The Kier molecular flexibility index (Phi) is 7.23. The van der Waals surface area contributed by atoms with Crippen molar-refractivity contribution < 1.29 is 29.0 Å². The third-order valence-corrected chi connectivity index (χ3v) is 7.31. The lowest BCUT2D eigenvalue weighted by Gasteiger charge is -2.49. The number of benzene rings is 1. The molecule has 1 saturated heterocycles. The molecule has 1 aromatic carbocycles. The quantitative estimate of drug-likeness (QED) is 0.415. The van der Waals surface area contributed by atoms with Crippen molar-refractivity contribution in [1.29, 1.82) is 0 Å². The SMILES string of the molecule is CSCC1=C(C(=O)O)N2C(=O)C(NC(=O)[C@H](OC(=O)c3cccnc3)c3ccccc3)[C@H]2SC1. The molecule has 1 fully saturated rings. The van der Waals surface area contributed by atoms with Crippen LogP contribution in [0.25, 0.3) is 0 Å². The van der Waals surface area contributed by atoms with Crippen molar-refractivity contribution in [3.05, 3.63) is 77.3 Å². The van der Waals surface area contributed by atoms with Gasteiger partial charge in [-0.15, -0.1) is 11.8 Å². The highest BCUT2D eigenvalue weighted by atomic mass is 32.2. The number of carboxylic acids is 1. The summed E-state index contributed by atoms with van der Waals surface area (Å²) in [6, 6.07) is 10.6. The Morgan fingerprint density at radius 3 is 2.68 bits per heavy atom. The van der Waals surface area contributed by atoms with Crippen molar-refractivity contribution in [2.75, 3.05) is 17.8 Å². The summed E-state index contributed by atoms with van der Waals surface area (Å²) in [5, 5.41) is 11.8. The Bertz CT molecular complexity index is 1140. The number of nitrogens with zero attached hydrogens (tertiary/aromatic N) is 2. The van der Waals surface area contributed by atoms with E-state index >= 15 is 0 Å². The van der Waals surface area contributed by atoms with E-state index in [1.54, 1.807) is 36.4 Å². The van der Waals surface area contributed by atoms with Crippen LogP contribution < -0.4 is 5.32 Å². The molecule has 1 aromatic heterocycles. The second kappa shape index (κ2) is 10.3. The molecule has 2 N–H and O–H groups in total. The summed E-state index contributed by atoms with van der Waals surface area (Å²) in [5.74, 6) is -2.13. The van der Waals surface area contributed by atoms with Crippen molar-refractivity contribution in [2.24, 2.45) is 0 Å². The van der Waals surface area contributed by atoms with Crippen molar-refractivity contribution in [1.82, 2.24) is 15.2 Å². The highest BCUT2D eigenvalue weighted by Gasteiger charge is 2.54. The first-order valence-electron chi connectivity index (χ1n) is 10.3. The van der Waals surface area contributed by atoms with E-state index in [4.69, 9.17) is 4.74 Å². The molecule has 1 unspecified atom stereocenters. The minimum Gasteiger partial charge on any atom is -0.477 e. The van der Waals surface area contributed by atoms with Crippen LogP contribution in [-0.4, -0.2) is 67.9 Å². The van der Waals surface area contributed by atoms with Gasteiger partial charge in [-0.05, 0) is 24.0 Å². The summed E-state index contributed by atoms with van der Waals surface area (Å²) in [5.41, 5.74) is 1.27. The van der Waals surface area contributed by atoms with Gasteiger partial charge in [0.15, 0.2) is 0 Å². The molecule has 0 radical (unpaired) electrons. The fraction of sp³-hybridized carbons (Fsp3) is 0.261. The zero-order chi connectivity index (χ0) is 24.2. The molecule has 9 nitrogen and oxygen atoms in total. The maximum atomic E-state index is 13.2. The number of β-lactam (4-membered cyclic amide) rings is 1. The van der Waals surface area contributed by atoms with E-state index in [1.807, 2.05) is 6.26 Å². The molecule has 3 heterocycles. The first-order chi connectivity index (χ1) is 16.4. The summed E-state index contributed by atoms with van der Waals surface area (Å²) in [7, 11) is 0. The molecule has 0 spiro atoms. The minimum atomic E-state index is -1.30. The highest BCUT2D eigenvalue weighted by Crippen LogP contribution is 2.41. The van der Waals surface area contributed by atoms with E-state index in [2.05, 4.69) is 10.3 Å². The molecule has 4 rings (SSSR count). The Morgan fingerprint density at radius 2 is 2.03 bits per heavy atom. The summed E-state index contributed by atoms with van der Waals surface area (Å²) in [6.45, 7) is 0. The number of hydrogen-bond donors (Lipinski definition) is 2. The molecule has 176 valence electrons. The van der Waals surface area contributed by atoms with Crippen LogP contribution in [0.1, 0.15) is 22.0 Å². The molecule has 2 aromatic rings. The predicted octanol–water partition coefficient (Wildman–Crippen LogP) is 2.08. The van der Waals surface area contributed by atoms with Crippen LogP contribution in [0.5, 0.6) is 0 Å². The predicted molar refractivity (Wildman–Crippen MR) is 127 cm³/mol. The second-order valence-electron chi connectivity index (χ2n) is 7.52. The van der Waals surface area contributed by atoms with Gasteiger partial charge in [0.25, 0.3) is 11.8 Å². The number of amides is 2. The maximum Gasteiger partial charge on any atom is 0.352 e. The highest BCUT2D eigenvalue weighted by molar-refractivity contribution is 8.00. The van der Waals surface area contributed by atoms with Crippen LogP contribution in [-0.2, 0) is 19.1 Å². The number of nitrogens with one attached hydrogen (secondary N) is 1. The van der Waals surface area contributed by atoms with Gasteiger partial charge in [-0.25, -0.2) is 9.59 Å². The standard InChI is InChI=1S/C23H21N3O6S2/c1-33-11-15-12-34-21-16(20(28)26(21)17(15)22(29)30)25-19(27)18(13-6-3-2-4-7-13)32-23(31)14-8-5-9-24-10-14/h2-10,16,18,21H,11-12H2,1H3,(H,25,27)(H,29,30)/t16?,18-,21-/m1/s1. The number of thioether (sulfide) groups is 2. The number of aliphatic carboxylic acids is 1. The molecule has 2 amide bonds. The second-order valence-corrected chi connectivity index (χ2v) is 9.50. The van der Waals surface area contributed by atoms with Gasteiger partial charge in [0.2, 0.25) is 6.10 Å². The summed E-state index contributed by atoms with van der Waals surface area (Å²) >= 11 is 2.87. The van der Waals surface area contributed by atoms with Gasteiger partial charge in [0.1, 0.15) is 17.1 Å². The van der Waals surface area contributed by atoms with Crippen LogP contribution in [0.15, 0.2) is 66.1 Å². The summed E-state index contributed by atoms with van der Waals surface area (Å²) in [6.07, 6.45) is 3.41. The number of pyridine rings is 1. The molecule has 0 bridgehead atoms. The molecule has 3 atom stereocenters. The van der Waals surface area contributed by atoms with E-state index < -0.39 is 41.3 Å². The third kappa shape index (κ3) is 4.66. The fourth-order valence-corrected chi connectivity index (χ4v) is 5.82. The number of carboxylic acid groups (broad SMARTS) is 1. The van der Waals surface area contributed by atoms with E-state index in [0.29, 0.717) is 22.6 Å². The molecule has 34 heavy (non-hydrogen) atoms. The minimum absolute atomic E-state index is 0.0174. The van der Waals surface area contributed by atoms with Crippen molar-refractivity contribution in [3.63, 3.8) is 0 Å². The number of esters is 1. The van der Waals surface area contributed by atoms with Crippen LogP contribution in [0.4, 0.5) is 0 Å². The van der Waals surface area contributed by atoms with Gasteiger partial charge in [0, 0.05) is 29.5 Å². The van der Waals surface area contributed by atoms with Gasteiger partial charge in [-0.2, -0.15) is 11.8 Å². The fourth-order valence-electron chi connectivity index (χ4n) is 3.76. The van der Waals surface area contributed by atoms with Gasteiger partial charge in [-0.3, -0.25) is 19.5 Å². The average molecular weight is 500 g/mol. The number of fused-ring (bicyclic) bond motifs is 1. The molecule has 0 saturated carbocycles. The van der Waals surface area contributed by atoms with Crippen LogP contribution in [0.3, 0.4) is 0 Å². The first kappa shape index (κ1) is 23.8. The average Bonchev–Trinajstić information content (AvgIpc) is 2.86. The number of carbonyl (C=O) groups excluding carboxylic acids is 3. The Labute approximate surface area is 203 Å². The maximum absolute atomic E-state index is 13.2. The third-order valence-electron chi connectivity index (χ3n) is 5.33. The van der Waals surface area contributed by atoms with Gasteiger partial charge < -0.3 is 15.2 Å². The monoisotopic (exact) mass is 499 g/mol.